The van der Waals surface area contributed by atoms with Gasteiger partial charge in [0.1, 0.15) is 0 Å². The van der Waals surface area contributed by atoms with Crippen LogP contribution in [0.2, 0.25) is 0 Å². The summed E-state index contributed by atoms with van der Waals surface area (Å²) in [5, 5.41) is 5.36. The number of allylic oxidation sites excluding steroid dienone is 6. The van der Waals surface area contributed by atoms with Gasteiger partial charge in [-0.1, -0.05) is 302 Å². The average Bonchev–Trinajstić information content (AvgIpc) is 3.82. The van der Waals surface area contributed by atoms with Gasteiger partial charge in [-0.05, 0) is 125 Å². The Morgan fingerprint density at radius 2 is 0.928 bits per heavy atom. The van der Waals surface area contributed by atoms with Crippen molar-refractivity contribution in [3.8, 4) is 0 Å². The summed E-state index contributed by atoms with van der Waals surface area (Å²) in [6, 6.07) is 49.6. The van der Waals surface area contributed by atoms with Gasteiger partial charge in [0.2, 0.25) is 0 Å². The molecule has 69 heavy (non-hydrogen) atoms. The van der Waals surface area contributed by atoms with Crippen molar-refractivity contribution in [1.29, 1.82) is 0 Å². The van der Waals surface area contributed by atoms with Crippen LogP contribution >= 0.6 is 0 Å². The van der Waals surface area contributed by atoms with Crippen LogP contribution in [-0.2, 0) is 22.7 Å². The molecule has 9 rings (SSSR count). The first kappa shape index (κ1) is 58.4. The summed E-state index contributed by atoms with van der Waals surface area (Å²) < 4.78 is 0. The van der Waals surface area contributed by atoms with Crippen molar-refractivity contribution in [1.82, 2.24) is 0 Å². The maximum atomic E-state index is 2.37. The average molecular weight is 926 g/mol. The zero-order valence-electron chi connectivity index (χ0n) is 47.5. The Hall–Kier alpha value is -4.94. The summed E-state index contributed by atoms with van der Waals surface area (Å²) in [5.74, 6) is 1.05. The molecule has 0 unspecified atom stereocenters. The van der Waals surface area contributed by atoms with E-state index in [9.17, 15) is 0 Å². The van der Waals surface area contributed by atoms with Gasteiger partial charge < -0.3 is 0 Å². The third kappa shape index (κ3) is 19.4. The van der Waals surface area contributed by atoms with Crippen molar-refractivity contribution in [2.24, 2.45) is 22.2 Å². The van der Waals surface area contributed by atoms with Crippen molar-refractivity contribution < 1.29 is 0 Å². The summed E-state index contributed by atoms with van der Waals surface area (Å²) >= 11 is 0. The minimum Gasteiger partial charge on any atom is -0.0804 e. The van der Waals surface area contributed by atoms with E-state index in [-0.39, 0.29) is 16.2 Å². The van der Waals surface area contributed by atoms with Gasteiger partial charge in [-0.15, -0.1) is 0 Å². The van der Waals surface area contributed by atoms with Crippen LogP contribution in [0.4, 0.5) is 0 Å². The summed E-state index contributed by atoms with van der Waals surface area (Å²) in [6.07, 6.45) is 14.3. The van der Waals surface area contributed by atoms with E-state index in [1.165, 1.54) is 73.4 Å². The van der Waals surface area contributed by atoms with Gasteiger partial charge in [-0.25, -0.2) is 0 Å². The zero-order chi connectivity index (χ0) is 51.8. The van der Waals surface area contributed by atoms with Crippen molar-refractivity contribution in [3.05, 3.63) is 197 Å². The van der Waals surface area contributed by atoms with Crippen molar-refractivity contribution in [2.45, 2.75) is 180 Å². The molecule has 1 fully saturated rings. The molecule has 6 aromatic rings. The highest BCUT2D eigenvalue weighted by Crippen LogP contribution is 2.44. The summed E-state index contributed by atoms with van der Waals surface area (Å²) in [4.78, 5) is 0. The van der Waals surface area contributed by atoms with Gasteiger partial charge in [-0.2, -0.15) is 0 Å². The Balaban J connectivity index is 0.000000221. The van der Waals surface area contributed by atoms with Crippen LogP contribution in [0, 0.1) is 22.2 Å². The topological polar surface area (TPSA) is 0 Å². The zero-order valence-corrected chi connectivity index (χ0v) is 47.5. The third-order valence-electron chi connectivity index (χ3n) is 12.9. The highest BCUT2D eigenvalue weighted by atomic mass is 14.4. The SMILES string of the molecule is CC.CC(C)(C)C1=CCC=C1.CC(C)(C)C1=CCc2ccccc21.CC(C)(C)C1CC1.CC(C)(C)c1ccc2ccccc2c1.CC(C)(C)c1cccc2ccccc12.CC(C)(C)c1ccccc1. The molecule has 3 aliphatic carbocycles. The van der Waals surface area contributed by atoms with Gasteiger partial charge in [0.05, 0.1) is 0 Å². The molecule has 0 spiro atoms. The van der Waals surface area contributed by atoms with Crippen molar-refractivity contribution >= 4 is 27.1 Å². The third-order valence-corrected chi connectivity index (χ3v) is 12.9. The second-order valence-corrected chi connectivity index (χ2v) is 25.1. The monoisotopic (exact) mass is 925 g/mol. The predicted molar refractivity (Wildman–Crippen MR) is 313 cm³/mol. The number of hydrogen-bond acceptors (Lipinski definition) is 0. The Morgan fingerprint density at radius 3 is 1.39 bits per heavy atom. The van der Waals surface area contributed by atoms with Crippen LogP contribution in [-0.4, -0.2) is 0 Å². The van der Waals surface area contributed by atoms with E-state index in [1.807, 2.05) is 13.8 Å². The van der Waals surface area contributed by atoms with Gasteiger partial charge in [0.25, 0.3) is 0 Å². The molecule has 0 N–H and O–H groups in total. The molecule has 0 nitrogen and oxygen atoms in total. The fraction of sp³-hybridized carbons (Fsp3) is 0.449. The smallest absolute Gasteiger partial charge is 0.00852 e. The van der Waals surface area contributed by atoms with E-state index >= 15 is 0 Å². The van der Waals surface area contributed by atoms with Crippen LogP contribution < -0.4 is 0 Å². The normalized spacial score (nSPS) is 14.2. The van der Waals surface area contributed by atoms with E-state index in [0.29, 0.717) is 16.2 Å². The van der Waals surface area contributed by atoms with E-state index in [0.717, 1.165) is 18.8 Å². The predicted octanol–water partition coefficient (Wildman–Crippen LogP) is 21.3. The maximum absolute atomic E-state index is 2.37. The maximum Gasteiger partial charge on any atom is -0.00852 e. The summed E-state index contributed by atoms with van der Waals surface area (Å²) in [7, 11) is 0. The highest BCUT2D eigenvalue weighted by Gasteiger charge is 2.33. The molecule has 372 valence electrons. The van der Waals surface area contributed by atoms with E-state index in [2.05, 4.69) is 288 Å². The lowest BCUT2D eigenvalue weighted by Gasteiger charge is -2.21. The Kier molecular flexibility index (Phi) is 21.4. The standard InChI is InChI=1S/2C14H16.C13H16.C10H14.C9H14.C7H14.C2H6/c1-14(2,3)13-10-6-8-11-7-4-5-9-12(11)13;1-14(2,3)13-9-8-11-6-4-5-7-12(11)10-13;1-13(2,3)12-9-8-10-6-4-5-7-11(10)12;1-10(2,3)9-7-5-4-6-8-9;1-9(2,3)8-6-4-5-7-8;1-7(2,3)6-4-5-6;1-2/h2*4-10H,1-3H3;4-7,9H,8H2,1-3H3;4-8H,1-3H3;4,6-7H,5H2,1-3H3;6H,4-5H2,1-3H3;1-2H3. The van der Waals surface area contributed by atoms with Crippen molar-refractivity contribution in [3.63, 3.8) is 0 Å². The number of rotatable bonds is 0. The number of fused-ring (bicyclic) bond motifs is 3. The van der Waals surface area contributed by atoms with Gasteiger partial charge in [0, 0.05) is 0 Å². The van der Waals surface area contributed by atoms with Gasteiger partial charge >= 0.3 is 0 Å². The first-order valence-corrected chi connectivity index (χ1v) is 26.3. The fourth-order valence-corrected chi connectivity index (χ4v) is 8.43. The van der Waals surface area contributed by atoms with E-state index in [4.69, 9.17) is 0 Å². The molecule has 0 heteroatoms. The van der Waals surface area contributed by atoms with E-state index in [1.54, 1.807) is 0 Å². The summed E-state index contributed by atoms with van der Waals surface area (Å²) in [5.41, 5.74) is 12.1. The van der Waals surface area contributed by atoms with Gasteiger partial charge in [0.15, 0.2) is 0 Å². The van der Waals surface area contributed by atoms with Crippen LogP contribution in [0.25, 0.3) is 27.1 Å². The molecule has 6 aromatic carbocycles. The molecule has 0 aromatic heterocycles. The second-order valence-electron chi connectivity index (χ2n) is 25.1. The first-order valence-electron chi connectivity index (χ1n) is 26.3. The molecule has 0 bridgehead atoms. The van der Waals surface area contributed by atoms with E-state index < -0.39 is 0 Å². The lowest BCUT2D eigenvalue weighted by Crippen LogP contribution is -2.11. The number of hydrogen-bond donors (Lipinski definition) is 0. The van der Waals surface area contributed by atoms with Gasteiger partial charge in [-0.3, -0.25) is 0 Å². The summed E-state index contributed by atoms with van der Waals surface area (Å²) in [6.45, 7) is 44.7. The first-order chi connectivity index (χ1) is 32.1. The van der Waals surface area contributed by atoms with Crippen LogP contribution in [0.3, 0.4) is 0 Å². The molecule has 0 amide bonds. The molecule has 1 saturated carbocycles. The lowest BCUT2D eigenvalue weighted by atomic mass is 9.83. The molecule has 0 heterocycles. The van der Waals surface area contributed by atoms with Crippen LogP contribution in [0.5, 0.6) is 0 Å². The second kappa shape index (κ2) is 25.3. The quantitative estimate of drug-likeness (QED) is 0.142. The minimum absolute atomic E-state index is 0.223. The molecule has 0 saturated heterocycles. The van der Waals surface area contributed by atoms with Crippen molar-refractivity contribution in [2.75, 3.05) is 0 Å². The Labute approximate surface area is 424 Å². The van der Waals surface area contributed by atoms with Crippen LogP contribution in [0.1, 0.15) is 186 Å². The molecule has 0 atom stereocenters. The lowest BCUT2D eigenvalue weighted by molar-refractivity contribution is 0.351. The highest BCUT2D eigenvalue weighted by molar-refractivity contribution is 5.86. The number of benzene rings is 6. The molecular weight excluding hydrogens is 829 g/mol. The molecular formula is C69H96. The largest absolute Gasteiger partial charge is 0.0804 e. The molecule has 3 aliphatic rings. The molecule has 0 radical (unpaired) electrons. The fourth-order valence-electron chi connectivity index (χ4n) is 8.43. The minimum atomic E-state index is 0.223. The Bertz CT molecular complexity index is 2530. The molecule has 0 aliphatic heterocycles. The Morgan fingerprint density at radius 1 is 0.406 bits per heavy atom. The van der Waals surface area contributed by atoms with Crippen LogP contribution in [0.15, 0.2) is 169 Å².